The van der Waals surface area contributed by atoms with Gasteiger partial charge in [-0.25, -0.2) is 0 Å². The predicted molar refractivity (Wildman–Crippen MR) is 68.7 cm³/mol. The zero-order chi connectivity index (χ0) is 13.0. The van der Waals surface area contributed by atoms with Gasteiger partial charge in [0, 0.05) is 5.56 Å². The van der Waals surface area contributed by atoms with E-state index >= 15 is 0 Å². The minimum atomic E-state index is -0.367. The van der Waals surface area contributed by atoms with E-state index in [9.17, 15) is 4.79 Å². The van der Waals surface area contributed by atoms with Gasteiger partial charge in [0.2, 0.25) is 0 Å². The molecule has 0 unspecified atom stereocenters. The van der Waals surface area contributed by atoms with E-state index in [2.05, 4.69) is 5.32 Å². The number of benzene rings is 1. The Kier molecular flexibility index (Phi) is 3.87. The fourth-order valence-electron chi connectivity index (χ4n) is 1.71. The Morgan fingerprint density at radius 2 is 2.06 bits per heavy atom. The first-order valence-corrected chi connectivity index (χ1v) is 6.35. The summed E-state index contributed by atoms with van der Waals surface area (Å²) in [6.07, 6.45) is 2.67. The lowest BCUT2D eigenvalue weighted by Gasteiger charge is -2.14. The molecule has 0 saturated heterocycles. The summed E-state index contributed by atoms with van der Waals surface area (Å²) in [4.78, 5) is 11.9. The van der Waals surface area contributed by atoms with Gasteiger partial charge in [0.05, 0.1) is 18.8 Å². The molecule has 0 aliphatic heterocycles. The second-order valence-corrected chi connectivity index (χ2v) is 4.77. The molecule has 1 aromatic rings. The molecule has 0 atom stereocenters. The van der Waals surface area contributed by atoms with Crippen LogP contribution in [-0.4, -0.2) is 29.8 Å². The molecule has 0 aromatic heterocycles. The Morgan fingerprint density at radius 3 is 2.56 bits per heavy atom. The molecule has 0 spiro atoms. The molecule has 1 amide bonds. The number of carbonyl (C=O) groups is 1. The number of amides is 1. The number of ether oxygens (including phenoxy) is 1. The number of aliphatic hydroxyl groups is 1. The molecule has 2 N–H and O–H groups in total. The molecule has 1 fully saturated rings. The molecular weight excluding hydrogens is 230 g/mol. The maximum atomic E-state index is 11.9. The zero-order valence-electron chi connectivity index (χ0n) is 10.6. The zero-order valence-corrected chi connectivity index (χ0v) is 10.6. The molecule has 2 rings (SSSR count). The first-order chi connectivity index (χ1) is 8.69. The van der Waals surface area contributed by atoms with Crippen LogP contribution in [0.5, 0.6) is 5.75 Å². The van der Waals surface area contributed by atoms with Gasteiger partial charge in [-0.3, -0.25) is 4.79 Å². The van der Waals surface area contributed by atoms with Crippen LogP contribution in [0.15, 0.2) is 24.3 Å². The van der Waals surface area contributed by atoms with Crippen LogP contribution in [0, 0.1) is 0 Å². The molecular formula is C14H19NO3. The summed E-state index contributed by atoms with van der Waals surface area (Å²) >= 11 is 0. The van der Waals surface area contributed by atoms with Crippen LogP contribution in [0.2, 0.25) is 0 Å². The summed E-state index contributed by atoms with van der Waals surface area (Å²) in [5.41, 5.74) is 0.229. The summed E-state index contributed by atoms with van der Waals surface area (Å²) in [7, 11) is 0. The maximum Gasteiger partial charge on any atom is 0.251 e. The topological polar surface area (TPSA) is 58.6 Å². The first kappa shape index (κ1) is 12.9. The molecule has 1 aliphatic rings. The minimum Gasteiger partial charge on any atom is -0.494 e. The van der Waals surface area contributed by atoms with E-state index in [-0.39, 0.29) is 18.1 Å². The number of nitrogens with one attached hydrogen (secondary N) is 1. The van der Waals surface area contributed by atoms with Crippen molar-refractivity contribution in [3.05, 3.63) is 29.8 Å². The highest BCUT2D eigenvalue weighted by atomic mass is 16.5. The Labute approximate surface area is 107 Å². The first-order valence-electron chi connectivity index (χ1n) is 6.35. The van der Waals surface area contributed by atoms with E-state index in [1.54, 1.807) is 24.3 Å². The highest BCUT2D eigenvalue weighted by Crippen LogP contribution is 2.34. The van der Waals surface area contributed by atoms with E-state index in [1.807, 2.05) is 6.92 Å². The van der Waals surface area contributed by atoms with Crippen molar-refractivity contribution in [1.82, 2.24) is 5.32 Å². The van der Waals surface area contributed by atoms with E-state index in [1.165, 1.54) is 0 Å². The maximum absolute atomic E-state index is 11.9. The van der Waals surface area contributed by atoms with Crippen molar-refractivity contribution in [3.8, 4) is 5.75 Å². The summed E-state index contributed by atoms with van der Waals surface area (Å²) < 4.78 is 5.45. The van der Waals surface area contributed by atoms with Crippen molar-refractivity contribution in [2.45, 2.75) is 31.7 Å². The normalized spacial score (nSPS) is 16.1. The Balaban J connectivity index is 1.94. The van der Waals surface area contributed by atoms with Crippen LogP contribution < -0.4 is 10.1 Å². The van der Waals surface area contributed by atoms with Gasteiger partial charge in [-0.2, -0.15) is 0 Å². The van der Waals surface area contributed by atoms with Crippen LogP contribution in [0.25, 0.3) is 0 Å². The third-order valence-corrected chi connectivity index (χ3v) is 3.12. The van der Waals surface area contributed by atoms with Crippen LogP contribution in [0.1, 0.15) is 36.5 Å². The van der Waals surface area contributed by atoms with E-state index in [0.29, 0.717) is 12.2 Å². The van der Waals surface area contributed by atoms with Gasteiger partial charge in [0.15, 0.2) is 0 Å². The quantitative estimate of drug-likeness (QED) is 0.807. The van der Waals surface area contributed by atoms with Gasteiger partial charge >= 0.3 is 0 Å². The van der Waals surface area contributed by atoms with E-state index in [0.717, 1.165) is 25.0 Å². The van der Waals surface area contributed by atoms with Gasteiger partial charge in [0.1, 0.15) is 5.75 Å². The number of hydrogen-bond donors (Lipinski definition) is 2. The van der Waals surface area contributed by atoms with Gasteiger partial charge in [-0.05, 0) is 43.5 Å². The Hall–Kier alpha value is -1.55. The second-order valence-electron chi connectivity index (χ2n) is 4.77. The molecule has 4 nitrogen and oxygen atoms in total. The average molecular weight is 249 g/mol. The molecule has 1 aliphatic carbocycles. The van der Waals surface area contributed by atoms with Crippen molar-refractivity contribution >= 4 is 5.91 Å². The van der Waals surface area contributed by atoms with E-state index in [4.69, 9.17) is 9.84 Å². The van der Waals surface area contributed by atoms with Crippen LogP contribution in [-0.2, 0) is 0 Å². The van der Waals surface area contributed by atoms with Gasteiger partial charge in [0.25, 0.3) is 5.91 Å². The molecule has 0 radical (unpaired) electrons. The van der Waals surface area contributed by atoms with Crippen LogP contribution >= 0.6 is 0 Å². The lowest BCUT2D eigenvalue weighted by atomic mass is 10.2. The molecule has 98 valence electrons. The van der Waals surface area contributed by atoms with Gasteiger partial charge < -0.3 is 15.2 Å². The van der Waals surface area contributed by atoms with Crippen molar-refractivity contribution in [2.24, 2.45) is 0 Å². The van der Waals surface area contributed by atoms with Crippen molar-refractivity contribution in [3.63, 3.8) is 0 Å². The number of aliphatic hydroxyl groups excluding tert-OH is 1. The third-order valence-electron chi connectivity index (χ3n) is 3.12. The molecule has 18 heavy (non-hydrogen) atoms. The number of carbonyl (C=O) groups excluding carboxylic acids is 1. The monoisotopic (exact) mass is 249 g/mol. The third kappa shape index (κ3) is 3.01. The second kappa shape index (κ2) is 5.40. The summed E-state index contributed by atoms with van der Waals surface area (Å²) in [5.74, 6) is 0.639. The lowest BCUT2D eigenvalue weighted by molar-refractivity contribution is 0.0907. The number of rotatable bonds is 6. The highest BCUT2D eigenvalue weighted by molar-refractivity contribution is 5.95. The minimum absolute atomic E-state index is 0.0104. The highest BCUT2D eigenvalue weighted by Gasteiger charge is 2.43. The average Bonchev–Trinajstić information content (AvgIpc) is 3.17. The van der Waals surface area contributed by atoms with Crippen molar-refractivity contribution in [2.75, 3.05) is 13.2 Å². The largest absolute Gasteiger partial charge is 0.494 e. The predicted octanol–water partition coefficient (Wildman–Crippen LogP) is 1.73. The summed E-state index contributed by atoms with van der Waals surface area (Å²) in [6.45, 7) is 2.74. The number of hydrogen-bond acceptors (Lipinski definition) is 3. The summed E-state index contributed by atoms with van der Waals surface area (Å²) in [6, 6.07) is 7.08. The fraction of sp³-hybridized carbons (Fsp3) is 0.500. The van der Waals surface area contributed by atoms with Gasteiger partial charge in [-0.15, -0.1) is 0 Å². The van der Waals surface area contributed by atoms with Gasteiger partial charge in [-0.1, -0.05) is 6.92 Å². The molecule has 4 heteroatoms. The fourth-order valence-corrected chi connectivity index (χ4v) is 1.71. The molecule has 0 bridgehead atoms. The Morgan fingerprint density at radius 1 is 1.39 bits per heavy atom. The van der Waals surface area contributed by atoms with Crippen LogP contribution in [0.4, 0.5) is 0 Å². The van der Waals surface area contributed by atoms with E-state index < -0.39 is 0 Å². The standard InChI is InChI=1S/C14H19NO3/c1-2-9-18-12-5-3-11(4-6-12)13(17)15-14(10-16)7-8-14/h3-6,16H,2,7-10H2,1H3,(H,15,17). The van der Waals surface area contributed by atoms with Crippen molar-refractivity contribution in [1.29, 1.82) is 0 Å². The van der Waals surface area contributed by atoms with Crippen molar-refractivity contribution < 1.29 is 14.6 Å². The lowest BCUT2D eigenvalue weighted by Crippen LogP contribution is -2.39. The molecule has 1 aromatic carbocycles. The summed E-state index contributed by atoms with van der Waals surface area (Å²) in [5, 5.41) is 12.0. The Bertz CT molecular complexity index is 410. The SMILES string of the molecule is CCCOc1ccc(C(=O)NC2(CO)CC2)cc1. The smallest absolute Gasteiger partial charge is 0.251 e. The van der Waals surface area contributed by atoms with Crippen LogP contribution in [0.3, 0.4) is 0 Å². The molecule has 0 heterocycles. The molecule has 1 saturated carbocycles.